The lowest BCUT2D eigenvalue weighted by Crippen LogP contribution is -2.14. The van der Waals surface area contributed by atoms with Crippen molar-refractivity contribution in [3.8, 4) is 5.75 Å². The summed E-state index contributed by atoms with van der Waals surface area (Å²) in [5.41, 5.74) is 2.71. The monoisotopic (exact) mass is 177 g/mol. The van der Waals surface area contributed by atoms with Crippen LogP contribution in [0.1, 0.15) is 24.5 Å². The smallest absolute Gasteiger partial charge is 0.150 e. The highest BCUT2D eigenvalue weighted by Gasteiger charge is 2.18. The number of benzene rings is 1. The van der Waals surface area contributed by atoms with Crippen LogP contribution in [0.2, 0.25) is 0 Å². The van der Waals surface area contributed by atoms with Gasteiger partial charge in [0.1, 0.15) is 5.75 Å². The third kappa shape index (κ3) is 1.54. The van der Waals surface area contributed by atoms with Gasteiger partial charge in [-0.1, -0.05) is 19.1 Å². The maximum atomic E-state index is 5.22. The Balaban J connectivity index is 2.41. The molecule has 0 saturated carbocycles. The second kappa shape index (κ2) is 3.38. The lowest BCUT2D eigenvalue weighted by Gasteiger charge is -2.22. The van der Waals surface area contributed by atoms with Gasteiger partial charge in [0.05, 0.1) is 0 Å². The van der Waals surface area contributed by atoms with Crippen molar-refractivity contribution in [2.45, 2.75) is 26.2 Å². The summed E-state index contributed by atoms with van der Waals surface area (Å²) >= 11 is 0. The minimum Gasteiger partial charge on any atom is -0.411 e. The largest absolute Gasteiger partial charge is 0.411 e. The third-order valence-electron chi connectivity index (χ3n) is 2.82. The van der Waals surface area contributed by atoms with E-state index in [9.17, 15) is 0 Å². The summed E-state index contributed by atoms with van der Waals surface area (Å²) in [6.45, 7) is 2.27. The Kier molecular flexibility index (Phi) is 2.23. The average Bonchev–Trinajstić information content (AvgIpc) is 2.17. The van der Waals surface area contributed by atoms with Crippen LogP contribution >= 0.6 is 0 Å². The average molecular weight is 177 g/mol. The second-order valence-corrected chi connectivity index (χ2v) is 3.86. The molecule has 0 fully saturated rings. The molecule has 0 spiro atoms. The fourth-order valence-corrected chi connectivity index (χ4v) is 2.04. The summed E-state index contributed by atoms with van der Waals surface area (Å²) in [5, 5.41) is 0. The van der Waals surface area contributed by atoms with Crippen molar-refractivity contribution < 1.29 is 4.84 Å². The quantitative estimate of drug-likeness (QED) is 0.666. The topological polar surface area (TPSA) is 35.2 Å². The van der Waals surface area contributed by atoms with E-state index in [0.717, 1.165) is 24.5 Å². The van der Waals surface area contributed by atoms with E-state index in [4.69, 9.17) is 10.7 Å². The van der Waals surface area contributed by atoms with E-state index in [1.807, 2.05) is 12.1 Å². The Bertz CT molecular complexity index is 295. The lowest BCUT2D eigenvalue weighted by molar-refractivity contribution is 0.325. The van der Waals surface area contributed by atoms with Gasteiger partial charge in [0, 0.05) is 5.56 Å². The third-order valence-corrected chi connectivity index (χ3v) is 2.82. The van der Waals surface area contributed by atoms with E-state index in [2.05, 4.69) is 13.0 Å². The van der Waals surface area contributed by atoms with Gasteiger partial charge in [-0.05, 0) is 36.8 Å². The Morgan fingerprint density at radius 2 is 2.31 bits per heavy atom. The summed E-state index contributed by atoms with van der Waals surface area (Å²) in [6.07, 6.45) is 3.54. The molecule has 70 valence electrons. The van der Waals surface area contributed by atoms with E-state index in [0.29, 0.717) is 0 Å². The zero-order valence-electron chi connectivity index (χ0n) is 7.92. The van der Waals surface area contributed by atoms with Crippen molar-refractivity contribution in [2.75, 3.05) is 0 Å². The molecule has 0 aliphatic heterocycles. The molecule has 1 aromatic carbocycles. The van der Waals surface area contributed by atoms with Crippen LogP contribution in [0.4, 0.5) is 0 Å². The molecule has 1 atom stereocenters. The minimum atomic E-state index is 0.754. The molecule has 13 heavy (non-hydrogen) atoms. The van der Waals surface area contributed by atoms with E-state index in [-0.39, 0.29) is 0 Å². The summed E-state index contributed by atoms with van der Waals surface area (Å²) in [5.74, 6) is 6.82. The first-order valence-corrected chi connectivity index (χ1v) is 4.78. The highest BCUT2D eigenvalue weighted by molar-refractivity contribution is 5.41. The van der Waals surface area contributed by atoms with Crippen molar-refractivity contribution in [1.29, 1.82) is 0 Å². The highest BCUT2D eigenvalue weighted by Crippen LogP contribution is 2.31. The van der Waals surface area contributed by atoms with E-state index >= 15 is 0 Å². The molecule has 2 heteroatoms. The molecule has 1 aliphatic carbocycles. The number of nitrogens with two attached hydrogens (primary N) is 1. The van der Waals surface area contributed by atoms with Crippen LogP contribution < -0.4 is 10.7 Å². The number of aryl methyl sites for hydroxylation is 1. The summed E-state index contributed by atoms with van der Waals surface area (Å²) in [4.78, 5) is 4.86. The predicted molar refractivity (Wildman–Crippen MR) is 52.4 cm³/mol. The zero-order chi connectivity index (χ0) is 9.26. The van der Waals surface area contributed by atoms with Gasteiger partial charge in [0.25, 0.3) is 0 Å². The van der Waals surface area contributed by atoms with Crippen molar-refractivity contribution in [3.05, 3.63) is 29.3 Å². The molecule has 2 nitrogen and oxygen atoms in total. The number of hydrogen-bond donors (Lipinski definition) is 1. The summed E-state index contributed by atoms with van der Waals surface area (Å²) in [7, 11) is 0. The number of hydrogen-bond acceptors (Lipinski definition) is 2. The Morgan fingerprint density at radius 3 is 3.08 bits per heavy atom. The molecule has 0 amide bonds. The molecule has 0 saturated heterocycles. The molecular weight excluding hydrogens is 162 g/mol. The second-order valence-electron chi connectivity index (χ2n) is 3.86. The molecule has 0 heterocycles. The Labute approximate surface area is 78.7 Å². The summed E-state index contributed by atoms with van der Waals surface area (Å²) in [6, 6.07) is 6.12. The first kappa shape index (κ1) is 8.57. The standard InChI is InChI=1S/C11H15NO/c1-8-5-6-9-3-2-4-11(13-12)10(9)7-8/h2-4,8H,5-7,12H2,1H3. The molecule has 1 aromatic rings. The molecule has 0 bridgehead atoms. The number of fused-ring (bicyclic) bond motifs is 1. The van der Waals surface area contributed by atoms with E-state index in [1.54, 1.807) is 0 Å². The maximum absolute atomic E-state index is 5.22. The fourth-order valence-electron chi connectivity index (χ4n) is 2.04. The van der Waals surface area contributed by atoms with E-state index in [1.165, 1.54) is 17.5 Å². The van der Waals surface area contributed by atoms with Crippen molar-refractivity contribution in [3.63, 3.8) is 0 Å². The van der Waals surface area contributed by atoms with Crippen LogP contribution in [-0.4, -0.2) is 0 Å². The Morgan fingerprint density at radius 1 is 1.46 bits per heavy atom. The predicted octanol–water partition coefficient (Wildman–Crippen LogP) is 2.06. The van der Waals surface area contributed by atoms with Crippen LogP contribution in [0.15, 0.2) is 18.2 Å². The van der Waals surface area contributed by atoms with E-state index < -0.39 is 0 Å². The van der Waals surface area contributed by atoms with Gasteiger partial charge in [0.2, 0.25) is 0 Å². The van der Waals surface area contributed by atoms with Crippen molar-refractivity contribution in [1.82, 2.24) is 0 Å². The van der Waals surface area contributed by atoms with Crippen LogP contribution in [0.5, 0.6) is 5.75 Å². The molecule has 0 aromatic heterocycles. The summed E-state index contributed by atoms with van der Waals surface area (Å²) < 4.78 is 0. The van der Waals surface area contributed by atoms with Crippen molar-refractivity contribution in [2.24, 2.45) is 11.8 Å². The SMILES string of the molecule is CC1CCc2cccc(ON)c2C1. The first-order valence-electron chi connectivity index (χ1n) is 4.78. The van der Waals surface area contributed by atoms with Gasteiger partial charge < -0.3 is 4.84 Å². The number of rotatable bonds is 1. The Hall–Kier alpha value is -1.02. The maximum Gasteiger partial charge on any atom is 0.150 e. The van der Waals surface area contributed by atoms with Gasteiger partial charge in [-0.3, -0.25) is 0 Å². The van der Waals surface area contributed by atoms with Gasteiger partial charge >= 0.3 is 0 Å². The molecule has 0 radical (unpaired) electrons. The fraction of sp³-hybridized carbons (Fsp3) is 0.455. The first-order chi connectivity index (χ1) is 6.31. The molecular formula is C11H15NO. The van der Waals surface area contributed by atoms with Gasteiger partial charge in [0.15, 0.2) is 0 Å². The lowest BCUT2D eigenvalue weighted by atomic mass is 9.84. The normalized spacial score (nSPS) is 20.9. The highest BCUT2D eigenvalue weighted by atomic mass is 16.6. The van der Waals surface area contributed by atoms with Crippen molar-refractivity contribution >= 4 is 0 Å². The molecule has 2 rings (SSSR count). The van der Waals surface area contributed by atoms with Gasteiger partial charge in [-0.2, -0.15) is 5.90 Å². The van der Waals surface area contributed by atoms with Gasteiger partial charge in [-0.25, -0.2) is 0 Å². The zero-order valence-corrected chi connectivity index (χ0v) is 7.92. The van der Waals surface area contributed by atoms with Crippen LogP contribution in [-0.2, 0) is 12.8 Å². The van der Waals surface area contributed by atoms with Gasteiger partial charge in [-0.15, -0.1) is 0 Å². The van der Waals surface area contributed by atoms with Crippen LogP contribution in [0, 0.1) is 5.92 Å². The molecule has 2 N–H and O–H groups in total. The molecule has 1 unspecified atom stereocenters. The van der Waals surface area contributed by atoms with Crippen LogP contribution in [0.25, 0.3) is 0 Å². The van der Waals surface area contributed by atoms with Crippen LogP contribution in [0.3, 0.4) is 0 Å². The molecule has 1 aliphatic rings. The minimum absolute atomic E-state index is 0.754.